The SMILES string of the molecule is c1cn(CCCN2CCNC(C3CC3)C2)cn1. The van der Waals surface area contributed by atoms with Crippen LogP contribution >= 0.6 is 0 Å². The lowest BCUT2D eigenvalue weighted by molar-refractivity contribution is 0.184. The van der Waals surface area contributed by atoms with Crippen LogP contribution in [0.1, 0.15) is 19.3 Å². The van der Waals surface area contributed by atoms with Crippen molar-refractivity contribution in [3.63, 3.8) is 0 Å². The molecule has 1 saturated heterocycles. The van der Waals surface area contributed by atoms with Crippen molar-refractivity contribution in [1.82, 2.24) is 19.8 Å². The molecule has 1 N–H and O–H groups in total. The van der Waals surface area contributed by atoms with Gasteiger partial charge in [0, 0.05) is 44.6 Å². The van der Waals surface area contributed by atoms with Gasteiger partial charge < -0.3 is 14.8 Å². The Morgan fingerprint density at radius 1 is 1.29 bits per heavy atom. The summed E-state index contributed by atoms with van der Waals surface area (Å²) in [7, 11) is 0. The second-order valence-electron chi connectivity index (χ2n) is 5.35. The molecule has 4 heteroatoms. The second kappa shape index (κ2) is 5.19. The van der Waals surface area contributed by atoms with Crippen LogP contribution in [0.4, 0.5) is 0 Å². The van der Waals surface area contributed by atoms with Crippen molar-refractivity contribution in [2.75, 3.05) is 26.2 Å². The fourth-order valence-corrected chi connectivity index (χ4v) is 2.76. The van der Waals surface area contributed by atoms with Gasteiger partial charge >= 0.3 is 0 Å². The van der Waals surface area contributed by atoms with Crippen LogP contribution in [0.25, 0.3) is 0 Å². The average Bonchev–Trinajstić information content (AvgIpc) is 3.09. The number of piperazine rings is 1. The molecule has 17 heavy (non-hydrogen) atoms. The van der Waals surface area contributed by atoms with Crippen LogP contribution in [0.2, 0.25) is 0 Å². The van der Waals surface area contributed by atoms with E-state index in [2.05, 4.69) is 19.8 Å². The number of hydrogen-bond donors (Lipinski definition) is 1. The number of aryl methyl sites for hydroxylation is 1. The first-order chi connectivity index (χ1) is 8.42. The highest BCUT2D eigenvalue weighted by molar-refractivity contribution is 4.91. The summed E-state index contributed by atoms with van der Waals surface area (Å²) < 4.78 is 2.17. The van der Waals surface area contributed by atoms with Crippen molar-refractivity contribution in [3.05, 3.63) is 18.7 Å². The van der Waals surface area contributed by atoms with E-state index in [-0.39, 0.29) is 0 Å². The Bertz CT molecular complexity index is 331. The topological polar surface area (TPSA) is 33.1 Å². The van der Waals surface area contributed by atoms with Crippen LogP contribution in [-0.2, 0) is 6.54 Å². The molecule has 1 aliphatic heterocycles. The fourth-order valence-electron chi connectivity index (χ4n) is 2.76. The van der Waals surface area contributed by atoms with Crippen LogP contribution in [0, 0.1) is 5.92 Å². The van der Waals surface area contributed by atoms with Crippen molar-refractivity contribution < 1.29 is 0 Å². The van der Waals surface area contributed by atoms with E-state index in [0.717, 1.165) is 18.5 Å². The highest BCUT2D eigenvalue weighted by atomic mass is 15.2. The first-order valence-corrected chi connectivity index (χ1v) is 6.83. The van der Waals surface area contributed by atoms with Crippen LogP contribution < -0.4 is 5.32 Å². The Labute approximate surface area is 103 Å². The molecule has 0 radical (unpaired) electrons. The van der Waals surface area contributed by atoms with Gasteiger partial charge in [0.25, 0.3) is 0 Å². The molecule has 0 bridgehead atoms. The van der Waals surface area contributed by atoms with Crippen LogP contribution in [0.5, 0.6) is 0 Å². The maximum atomic E-state index is 4.07. The zero-order valence-electron chi connectivity index (χ0n) is 10.4. The number of imidazole rings is 1. The number of nitrogens with zero attached hydrogens (tertiary/aromatic N) is 3. The second-order valence-corrected chi connectivity index (χ2v) is 5.35. The Morgan fingerprint density at radius 2 is 2.24 bits per heavy atom. The summed E-state index contributed by atoms with van der Waals surface area (Å²) in [5.41, 5.74) is 0. The standard InChI is InChI=1S/C13H22N4/c1(7-17-8-4-14-11-17)6-16-9-5-15-13(10-16)12-2-3-12/h4,8,11-13,15H,1-3,5-7,9-10H2. The summed E-state index contributed by atoms with van der Waals surface area (Å²) in [6, 6.07) is 0.775. The molecule has 3 rings (SSSR count). The van der Waals surface area contributed by atoms with E-state index in [0.29, 0.717) is 0 Å². The first-order valence-electron chi connectivity index (χ1n) is 6.83. The molecule has 94 valence electrons. The Kier molecular flexibility index (Phi) is 3.43. The van der Waals surface area contributed by atoms with Gasteiger partial charge in [-0.1, -0.05) is 0 Å². The highest BCUT2D eigenvalue weighted by Crippen LogP contribution is 2.33. The summed E-state index contributed by atoms with van der Waals surface area (Å²) in [5, 5.41) is 3.66. The van der Waals surface area contributed by atoms with Gasteiger partial charge in [0.1, 0.15) is 0 Å². The zero-order chi connectivity index (χ0) is 11.5. The monoisotopic (exact) mass is 234 g/mol. The van der Waals surface area contributed by atoms with Gasteiger partial charge in [0.2, 0.25) is 0 Å². The lowest BCUT2D eigenvalue weighted by atomic mass is 10.1. The molecule has 4 nitrogen and oxygen atoms in total. The minimum atomic E-state index is 0.775. The molecule has 0 aromatic carbocycles. The summed E-state index contributed by atoms with van der Waals surface area (Å²) in [6.45, 7) is 5.97. The Balaban J connectivity index is 1.39. The van der Waals surface area contributed by atoms with Gasteiger partial charge in [-0.2, -0.15) is 0 Å². The molecule has 1 aliphatic carbocycles. The Hall–Kier alpha value is -0.870. The normalized spacial score (nSPS) is 26.2. The maximum Gasteiger partial charge on any atom is 0.0945 e. The molecular formula is C13H22N4. The molecule has 1 aromatic heterocycles. The van der Waals surface area contributed by atoms with E-state index in [4.69, 9.17) is 0 Å². The van der Waals surface area contributed by atoms with Crippen molar-refractivity contribution in [1.29, 1.82) is 0 Å². The molecule has 1 aromatic rings. The number of nitrogens with one attached hydrogen (secondary N) is 1. The van der Waals surface area contributed by atoms with Crippen molar-refractivity contribution >= 4 is 0 Å². The van der Waals surface area contributed by atoms with Gasteiger partial charge in [0.05, 0.1) is 6.33 Å². The number of hydrogen-bond acceptors (Lipinski definition) is 3. The van der Waals surface area contributed by atoms with E-state index >= 15 is 0 Å². The van der Waals surface area contributed by atoms with E-state index in [9.17, 15) is 0 Å². The quantitative estimate of drug-likeness (QED) is 0.823. The van der Waals surface area contributed by atoms with Gasteiger partial charge in [-0.25, -0.2) is 4.98 Å². The molecule has 2 heterocycles. The molecule has 1 atom stereocenters. The summed E-state index contributed by atoms with van der Waals surface area (Å²) >= 11 is 0. The van der Waals surface area contributed by atoms with Crippen molar-refractivity contribution in [2.24, 2.45) is 5.92 Å². The molecule has 0 spiro atoms. The molecular weight excluding hydrogens is 212 g/mol. The molecule has 0 amide bonds. The van der Waals surface area contributed by atoms with Gasteiger partial charge in [0.15, 0.2) is 0 Å². The molecule has 1 saturated carbocycles. The van der Waals surface area contributed by atoms with E-state index in [1.807, 2.05) is 18.7 Å². The predicted molar refractivity (Wildman–Crippen MR) is 67.8 cm³/mol. The van der Waals surface area contributed by atoms with Crippen LogP contribution in [0.15, 0.2) is 18.7 Å². The highest BCUT2D eigenvalue weighted by Gasteiger charge is 2.33. The van der Waals surface area contributed by atoms with Gasteiger partial charge in [-0.15, -0.1) is 0 Å². The lowest BCUT2D eigenvalue weighted by Gasteiger charge is -2.33. The largest absolute Gasteiger partial charge is 0.337 e. The maximum absolute atomic E-state index is 4.07. The van der Waals surface area contributed by atoms with Gasteiger partial charge in [-0.05, 0) is 31.7 Å². The van der Waals surface area contributed by atoms with Crippen molar-refractivity contribution in [2.45, 2.75) is 31.8 Å². The molecule has 2 aliphatic rings. The molecule has 1 unspecified atom stereocenters. The van der Waals surface area contributed by atoms with Crippen molar-refractivity contribution in [3.8, 4) is 0 Å². The van der Waals surface area contributed by atoms with E-state index in [1.54, 1.807) is 0 Å². The smallest absolute Gasteiger partial charge is 0.0945 e. The average molecular weight is 234 g/mol. The zero-order valence-corrected chi connectivity index (χ0v) is 10.4. The van der Waals surface area contributed by atoms with Gasteiger partial charge in [-0.3, -0.25) is 0 Å². The molecule has 2 fully saturated rings. The Morgan fingerprint density at radius 3 is 3.00 bits per heavy atom. The summed E-state index contributed by atoms with van der Waals surface area (Å²) in [4.78, 5) is 6.69. The minimum Gasteiger partial charge on any atom is -0.337 e. The number of rotatable bonds is 5. The third-order valence-corrected chi connectivity index (χ3v) is 3.93. The lowest BCUT2D eigenvalue weighted by Crippen LogP contribution is -2.51. The summed E-state index contributed by atoms with van der Waals surface area (Å²) in [6.07, 6.45) is 9.93. The predicted octanol–water partition coefficient (Wildman–Crippen LogP) is 0.957. The first kappa shape index (κ1) is 11.2. The number of aromatic nitrogens is 2. The van der Waals surface area contributed by atoms with Crippen LogP contribution in [0.3, 0.4) is 0 Å². The third-order valence-electron chi connectivity index (χ3n) is 3.93. The third kappa shape index (κ3) is 3.07. The fraction of sp³-hybridized carbons (Fsp3) is 0.769. The van der Waals surface area contributed by atoms with E-state index in [1.165, 1.54) is 45.4 Å². The van der Waals surface area contributed by atoms with Crippen LogP contribution in [-0.4, -0.2) is 46.7 Å². The summed E-state index contributed by atoms with van der Waals surface area (Å²) in [5.74, 6) is 0.978. The minimum absolute atomic E-state index is 0.775. The van der Waals surface area contributed by atoms with E-state index < -0.39 is 0 Å².